The molecular weight excluding hydrogens is 376 g/mol. The Bertz CT molecular complexity index is 1450. The summed E-state index contributed by atoms with van der Waals surface area (Å²) in [6.07, 6.45) is 3.92. The van der Waals surface area contributed by atoms with Crippen molar-refractivity contribution >= 4 is 16.9 Å². The maximum Gasteiger partial charge on any atom is 0.256 e. The number of aromatic nitrogens is 4. The molecule has 0 saturated heterocycles. The van der Waals surface area contributed by atoms with E-state index in [2.05, 4.69) is 15.1 Å². The minimum absolute atomic E-state index is 0.0374. The van der Waals surface area contributed by atoms with Crippen LogP contribution in [0.25, 0.3) is 22.2 Å². The summed E-state index contributed by atoms with van der Waals surface area (Å²) in [5, 5.41) is 4.20. The van der Waals surface area contributed by atoms with Crippen molar-refractivity contribution in [1.29, 1.82) is 0 Å². The lowest BCUT2D eigenvalue weighted by Gasteiger charge is -2.17. The first-order valence-electron chi connectivity index (χ1n) is 11.1. The Kier molecular flexibility index (Phi) is 2.82. The van der Waals surface area contributed by atoms with Crippen LogP contribution in [0.2, 0.25) is 0 Å². The van der Waals surface area contributed by atoms with Gasteiger partial charge in [-0.2, -0.15) is 5.10 Å². The molecule has 0 spiro atoms. The van der Waals surface area contributed by atoms with E-state index in [4.69, 9.17) is 6.85 Å². The third-order valence-corrected chi connectivity index (χ3v) is 4.72. The number of carbonyl (C=O) groups excluding carboxylic acids is 1. The monoisotopic (exact) mass is 396 g/mol. The molecule has 5 rings (SSSR count). The van der Waals surface area contributed by atoms with E-state index in [1.807, 2.05) is 0 Å². The normalized spacial score (nSPS) is 18.1. The molecule has 1 aliphatic rings. The fraction of sp³-hybridized carbons (Fsp3) is 0.143. The van der Waals surface area contributed by atoms with Crippen LogP contribution in [0.3, 0.4) is 0 Å². The van der Waals surface area contributed by atoms with Gasteiger partial charge in [0.25, 0.3) is 5.91 Å². The molecule has 1 aliphatic heterocycles. The molecule has 0 radical (unpaired) electrons. The van der Waals surface area contributed by atoms with Crippen molar-refractivity contribution in [3.63, 3.8) is 0 Å². The van der Waals surface area contributed by atoms with E-state index in [-0.39, 0.29) is 27.9 Å². The van der Waals surface area contributed by atoms with E-state index in [1.165, 1.54) is 36.8 Å². The number of aryl methyl sites for hydroxylation is 1. The quantitative estimate of drug-likeness (QED) is 0.532. The summed E-state index contributed by atoms with van der Waals surface area (Å²) in [5.41, 5.74) is -0.0406. The van der Waals surface area contributed by atoms with Gasteiger partial charge in [0, 0.05) is 40.6 Å². The van der Waals surface area contributed by atoms with Crippen molar-refractivity contribution in [1.82, 2.24) is 24.6 Å². The number of hydrogen-bond donors (Lipinski definition) is 0. The van der Waals surface area contributed by atoms with Crippen LogP contribution in [0, 0.1) is 11.6 Å². The Morgan fingerprint density at radius 1 is 1.17 bits per heavy atom. The topological polar surface area (TPSA) is 63.9 Å². The molecule has 4 aromatic rings. The van der Waals surface area contributed by atoms with Gasteiger partial charge in [0.1, 0.15) is 11.6 Å². The average Bonchev–Trinajstić information content (AvgIpc) is 3.30. The minimum atomic E-state index is -2.55. The predicted molar refractivity (Wildman–Crippen MR) is 102 cm³/mol. The predicted octanol–water partition coefficient (Wildman–Crippen LogP) is 3.46. The molecule has 0 fully saturated rings. The summed E-state index contributed by atoms with van der Waals surface area (Å²) < 4.78 is 70.0. The Hall–Kier alpha value is -3.68. The summed E-state index contributed by atoms with van der Waals surface area (Å²) in [7, 11) is 0. The number of benzene rings is 1. The van der Waals surface area contributed by atoms with Gasteiger partial charge in [-0.1, -0.05) is 0 Å². The molecular formula is C21H15F2N5O. The van der Waals surface area contributed by atoms with Crippen LogP contribution in [0.1, 0.15) is 28.5 Å². The van der Waals surface area contributed by atoms with Gasteiger partial charge >= 0.3 is 0 Å². The Labute approximate surface area is 171 Å². The molecule has 3 aromatic heterocycles. The molecule has 29 heavy (non-hydrogen) atoms. The molecule has 0 unspecified atom stereocenters. The second kappa shape index (κ2) is 6.44. The SMILES string of the molecule is [2H]C1([2H])c2ncccc2C(=O)N1Cc1c(F)cc(-c2ccnc3nn(C([2H])([2H])[2H])cc23)cc1F. The maximum atomic E-state index is 15.1. The summed E-state index contributed by atoms with van der Waals surface area (Å²) >= 11 is 0. The molecule has 1 amide bonds. The van der Waals surface area contributed by atoms with Crippen molar-refractivity contribution in [2.45, 2.75) is 13.0 Å². The van der Waals surface area contributed by atoms with E-state index < -0.39 is 43.1 Å². The van der Waals surface area contributed by atoms with Crippen molar-refractivity contribution in [3.8, 4) is 11.1 Å². The van der Waals surface area contributed by atoms with Gasteiger partial charge in [0.2, 0.25) is 0 Å². The first kappa shape index (κ1) is 12.7. The van der Waals surface area contributed by atoms with Crippen LogP contribution in [-0.4, -0.2) is 30.6 Å². The number of fused-ring (bicyclic) bond motifs is 2. The lowest BCUT2D eigenvalue weighted by atomic mass is 10.0. The number of halogens is 2. The van der Waals surface area contributed by atoms with Gasteiger partial charge in [-0.15, -0.1) is 0 Å². The Morgan fingerprint density at radius 3 is 2.76 bits per heavy atom. The largest absolute Gasteiger partial charge is 0.328 e. The fourth-order valence-electron chi connectivity index (χ4n) is 3.34. The second-order valence-electron chi connectivity index (χ2n) is 6.49. The molecule has 8 heteroatoms. The van der Waals surface area contributed by atoms with Crippen molar-refractivity contribution < 1.29 is 20.4 Å². The molecule has 0 saturated carbocycles. The van der Waals surface area contributed by atoms with Crippen LogP contribution >= 0.6 is 0 Å². The minimum Gasteiger partial charge on any atom is -0.328 e. The lowest BCUT2D eigenvalue weighted by molar-refractivity contribution is 0.0763. The zero-order chi connectivity index (χ0) is 24.4. The Balaban J connectivity index is 1.54. The van der Waals surface area contributed by atoms with Crippen LogP contribution in [0.5, 0.6) is 0 Å². The van der Waals surface area contributed by atoms with Crippen molar-refractivity contribution in [2.24, 2.45) is 6.98 Å². The molecule has 0 atom stereocenters. The molecule has 144 valence electrons. The Morgan fingerprint density at radius 2 is 2.00 bits per heavy atom. The first-order chi connectivity index (χ1) is 16.0. The maximum absolute atomic E-state index is 15.1. The number of carbonyl (C=O) groups is 1. The van der Waals surface area contributed by atoms with Crippen LogP contribution in [-0.2, 0) is 20.0 Å². The summed E-state index contributed by atoms with van der Waals surface area (Å²) in [4.78, 5) is 21.4. The highest BCUT2D eigenvalue weighted by atomic mass is 19.1. The number of pyridine rings is 2. The molecule has 4 heterocycles. The van der Waals surface area contributed by atoms with Crippen LogP contribution < -0.4 is 0 Å². The molecule has 0 N–H and O–H groups in total. The molecule has 0 bridgehead atoms. The summed E-state index contributed by atoms with van der Waals surface area (Å²) in [6, 6.07) is 6.46. The molecule has 6 nitrogen and oxygen atoms in total. The van der Waals surface area contributed by atoms with E-state index in [9.17, 15) is 4.79 Å². The summed E-state index contributed by atoms with van der Waals surface area (Å²) in [6.45, 7) is -5.54. The highest BCUT2D eigenvalue weighted by Crippen LogP contribution is 2.31. The van der Waals surface area contributed by atoms with Crippen LogP contribution in [0.15, 0.2) is 48.9 Å². The third-order valence-electron chi connectivity index (χ3n) is 4.72. The van der Waals surface area contributed by atoms with Gasteiger partial charge in [-0.05, 0) is 41.5 Å². The molecule has 1 aromatic carbocycles. The smallest absolute Gasteiger partial charge is 0.256 e. The molecule has 0 aliphatic carbocycles. The first-order valence-corrected chi connectivity index (χ1v) is 8.59. The zero-order valence-corrected chi connectivity index (χ0v) is 14.7. The third kappa shape index (κ3) is 2.84. The summed E-state index contributed by atoms with van der Waals surface area (Å²) in [5.74, 6) is -2.70. The van der Waals surface area contributed by atoms with Crippen molar-refractivity contribution in [3.05, 3.63) is 77.4 Å². The van der Waals surface area contributed by atoms with E-state index in [0.29, 0.717) is 5.56 Å². The number of nitrogens with zero attached hydrogens (tertiary/aromatic N) is 5. The lowest BCUT2D eigenvalue weighted by Crippen LogP contribution is -2.24. The van der Waals surface area contributed by atoms with Gasteiger partial charge in [0.05, 0.1) is 27.0 Å². The number of amides is 1. The van der Waals surface area contributed by atoms with E-state index >= 15 is 8.78 Å². The van der Waals surface area contributed by atoms with E-state index in [1.54, 1.807) is 0 Å². The highest BCUT2D eigenvalue weighted by molar-refractivity contribution is 5.97. The van der Waals surface area contributed by atoms with Gasteiger partial charge in [-0.25, -0.2) is 13.8 Å². The van der Waals surface area contributed by atoms with Crippen LogP contribution in [0.4, 0.5) is 8.78 Å². The average molecular weight is 396 g/mol. The zero-order valence-electron chi connectivity index (χ0n) is 19.7. The fourth-order valence-corrected chi connectivity index (χ4v) is 3.34. The van der Waals surface area contributed by atoms with Gasteiger partial charge in [0.15, 0.2) is 5.65 Å². The number of rotatable bonds is 3. The van der Waals surface area contributed by atoms with Gasteiger partial charge < -0.3 is 4.90 Å². The second-order valence-corrected chi connectivity index (χ2v) is 6.49. The standard InChI is InChI=1S/C21H15F2N5O/c1-27-9-15-13(4-6-25-20(15)26-27)12-7-17(22)16(18(23)8-12)10-28-11-19-14(21(28)29)3-2-5-24-19/h2-9H,10-11H2,1H3/i1D3,11D2. The van der Waals surface area contributed by atoms with E-state index in [0.717, 1.165) is 21.7 Å². The van der Waals surface area contributed by atoms with Gasteiger partial charge in [-0.3, -0.25) is 14.5 Å². The highest BCUT2D eigenvalue weighted by Gasteiger charge is 2.29. The van der Waals surface area contributed by atoms with Crippen molar-refractivity contribution in [2.75, 3.05) is 0 Å². The number of hydrogen-bond acceptors (Lipinski definition) is 4.